The summed E-state index contributed by atoms with van der Waals surface area (Å²) in [6.07, 6.45) is 4.38. The van der Waals surface area contributed by atoms with Crippen molar-refractivity contribution in [3.63, 3.8) is 0 Å². The van der Waals surface area contributed by atoms with Crippen LogP contribution in [0.2, 0.25) is 0 Å². The lowest BCUT2D eigenvalue weighted by atomic mass is 9.87. The Morgan fingerprint density at radius 3 is 2.36 bits per heavy atom. The van der Waals surface area contributed by atoms with Gasteiger partial charge in [-0.3, -0.25) is 0 Å². The number of hydrogen-bond acceptors (Lipinski definition) is 0. The predicted molar refractivity (Wildman–Crippen MR) is 82.9 cm³/mol. The van der Waals surface area contributed by atoms with Gasteiger partial charge in [0.15, 0.2) is 0 Å². The Morgan fingerprint density at radius 2 is 1.68 bits per heavy atom. The summed E-state index contributed by atoms with van der Waals surface area (Å²) in [6, 6.07) is 7.35. The van der Waals surface area contributed by atoms with Crippen molar-refractivity contribution in [1.29, 1.82) is 0 Å². The van der Waals surface area contributed by atoms with E-state index >= 15 is 0 Å². The highest BCUT2D eigenvalue weighted by Crippen LogP contribution is 2.34. The highest BCUT2D eigenvalue weighted by Gasteiger charge is 2.19. The van der Waals surface area contributed by atoms with Gasteiger partial charge in [-0.2, -0.15) is 0 Å². The summed E-state index contributed by atoms with van der Waals surface area (Å²) in [6.45, 7) is 1.98. The molecule has 3 heteroatoms. The Hall–Kier alpha value is -2.03. The number of hydrogen-bond donors (Lipinski definition) is 0. The van der Waals surface area contributed by atoms with Gasteiger partial charge in [0.25, 0.3) is 0 Å². The summed E-state index contributed by atoms with van der Waals surface area (Å²) in [5.74, 6) is -1.31. The van der Waals surface area contributed by atoms with Crippen molar-refractivity contribution in [1.82, 2.24) is 0 Å². The van der Waals surface area contributed by atoms with E-state index in [0.29, 0.717) is 30.4 Å². The summed E-state index contributed by atoms with van der Waals surface area (Å²) in [5, 5.41) is 0. The first-order valence-corrected chi connectivity index (χ1v) is 7.55. The number of rotatable bonds is 3. The molecule has 1 aliphatic rings. The first kappa shape index (κ1) is 14.9. The van der Waals surface area contributed by atoms with Crippen LogP contribution in [-0.4, -0.2) is 0 Å². The molecule has 0 fully saturated rings. The van der Waals surface area contributed by atoms with Crippen LogP contribution in [0.1, 0.15) is 42.0 Å². The van der Waals surface area contributed by atoms with E-state index in [1.807, 2.05) is 6.92 Å². The Kier molecular flexibility index (Phi) is 4.06. The minimum absolute atomic E-state index is 0.0508. The second-order valence-electron chi connectivity index (χ2n) is 5.70. The maximum atomic E-state index is 14.3. The second kappa shape index (κ2) is 5.99. The van der Waals surface area contributed by atoms with Gasteiger partial charge in [0.2, 0.25) is 0 Å². The molecular formula is C19H17F3. The molecule has 0 heterocycles. The summed E-state index contributed by atoms with van der Waals surface area (Å²) in [7, 11) is 0. The van der Waals surface area contributed by atoms with Gasteiger partial charge >= 0.3 is 0 Å². The van der Waals surface area contributed by atoms with Gasteiger partial charge in [0.1, 0.15) is 17.5 Å². The topological polar surface area (TPSA) is 0 Å². The quantitative estimate of drug-likeness (QED) is 0.698. The summed E-state index contributed by atoms with van der Waals surface area (Å²) in [5.41, 5.74) is 3.08. The first-order valence-electron chi connectivity index (χ1n) is 7.55. The molecular weight excluding hydrogens is 285 g/mol. The minimum atomic E-state index is -0.514. The van der Waals surface area contributed by atoms with Crippen molar-refractivity contribution >= 4 is 11.6 Å². The molecule has 0 aromatic heterocycles. The van der Waals surface area contributed by atoms with Gasteiger partial charge in [0.05, 0.1) is 0 Å². The van der Waals surface area contributed by atoms with E-state index in [9.17, 15) is 13.2 Å². The smallest absolute Gasteiger partial charge is 0.133 e. The van der Waals surface area contributed by atoms with Crippen LogP contribution in [0.15, 0.2) is 30.3 Å². The number of fused-ring (bicyclic) bond motifs is 1. The van der Waals surface area contributed by atoms with Crippen LogP contribution in [0.5, 0.6) is 0 Å². The Balaban J connectivity index is 2.03. The third-order valence-electron chi connectivity index (χ3n) is 4.06. The van der Waals surface area contributed by atoms with Crippen molar-refractivity contribution in [2.45, 2.75) is 32.6 Å². The molecule has 2 aromatic rings. The molecule has 0 saturated carbocycles. The van der Waals surface area contributed by atoms with E-state index in [0.717, 1.165) is 17.5 Å². The van der Waals surface area contributed by atoms with Gasteiger partial charge in [0, 0.05) is 5.56 Å². The molecule has 0 spiro atoms. The lowest BCUT2D eigenvalue weighted by molar-refractivity contribution is 0.571. The zero-order chi connectivity index (χ0) is 15.7. The van der Waals surface area contributed by atoms with Crippen LogP contribution >= 0.6 is 0 Å². The Morgan fingerprint density at radius 1 is 0.955 bits per heavy atom. The van der Waals surface area contributed by atoms with Crippen molar-refractivity contribution in [3.05, 3.63) is 70.0 Å². The van der Waals surface area contributed by atoms with Gasteiger partial charge in [-0.15, -0.1) is 0 Å². The molecule has 114 valence electrons. The molecule has 0 atom stereocenters. The van der Waals surface area contributed by atoms with Crippen molar-refractivity contribution < 1.29 is 13.2 Å². The van der Waals surface area contributed by atoms with Crippen LogP contribution in [-0.2, 0) is 12.8 Å². The number of halogens is 3. The lowest BCUT2D eigenvalue weighted by Gasteiger charge is -2.18. The third-order valence-corrected chi connectivity index (χ3v) is 4.06. The molecule has 0 unspecified atom stereocenters. The molecule has 0 amide bonds. The summed E-state index contributed by atoms with van der Waals surface area (Å²) >= 11 is 0. The fraction of sp³-hybridized carbons (Fsp3) is 0.263. The molecule has 0 nitrogen and oxygen atoms in total. The third kappa shape index (κ3) is 2.80. The lowest BCUT2D eigenvalue weighted by Crippen LogP contribution is -2.04. The fourth-order valence-electron chi connectivity index (χ4n) is 3.02. The zero-order valence-corrected chi connectivity index (χ0v) is 12.4. The van der Waals surface area contributed by atoms with E-state index in [1.165, 1.54) is 24.3 Å². The fourth-order valence-corrected chi connectivity index (χ4v) is 3.02. The van der Waals surface area contributed by atoms with E-state index in [-0.39, 0.29) is 11.4 Å². The number of aryl methyl sites for hydroxylation is 2. The summed E-state index contributed by atoms with van der Waals surface area (Å²) < 4.78 is 41.9. The maximum absolute atomic E-state index is 14.3. The largest absolute Gasteiger partial charge is 0.207 e. The average Bonchev–Trinajstić information content (AvgIpc) is 2.47. The zero-order valence-electron chi connectivity index (χ0n) is 12.4. The van der Waals surface area contributed by atoms with E-state index in [2.05, 4.69) is 0 Å². The molecule has 0 N–H and O–H groups in total. The molecule has 0 radical (unpaired) electrons. The highest BCUT2D eigenvalue weighted by molar-refractivity contribution is 5.84. The number of benzene rings is 2. The van der Waals surface area contributed by atoms with Crippen LogP contribution in [0.3, 0.4) is 0 Å². The molecule has 0 aliphatic heterocycles. The molecule has 2 aromatic carbocycles. The predicted octanol–water partition coefficient (Wildman–Crippen LogP) is 5.54. The number of allylic oxidation sites excluding steroid dienone is 1. The molecule has 1 aliphatic carbocycles. The summed E-state index contributed by atoms with van der Waals surface area (Å²) in [4.78, 5) is 0. The van der Waals surface area contributed by atoms with E-state index in [1.54, 1.807) is 12.1 Å². The molecule has 22 heavy (non-hydrogen) atoms. The SMILES string of the molecule is CCCc1cc(F)c(C2=Cc3ccc(F)cc3CC2)c(F)c1. The first-order chi connectivity index (χ1) is 10.6. The highest BCUT2D eigenvalue weighted by atomic mass is 19.1. The van der Waals surface area contributed by atoms with Crippen molar-refractivity contribution in [2.24, 2.45) is 0 Å². The molecule has 3 rings (SSSR count). The maximum Gasteiger partial charge on any atom is 0.133 e. The Bertz CT molecular complexity index is 721. The van der Waals surface area contributed by atoms with Gasteiger partial charge in [-0.25, -0.2) is 13.2 Å². The monoisotopic (exact) mass is 302 g/mol. The Labute approximate surface area is 128 Å². The van der Waals surface area contributed by atoms with E-state index in [4.69, 9.17) is 0 Å². The van der Waals surface area contributed by atoms with Gasteiger partial charge < -0.3 is 0 Å². The van der Waals surface area contributed by atoms with Gasteiger partial charge in [-0.05, 0) is 65.8 Å². The van der Waals surface area contributed by atoms with Crippen LogP contribution < -0.4 is 0 Å². The van der Waals surface area contributed by atoms with Crippen LogP contribution in [0.25, 0.3) is 11.6 Å². The normalized spacial score (nSPS) is 13.7. The minimum Gasteiger partial charge on any atom is -0.207 e. The standard InChI is InChI=1S/C19H17F3/c1-2-3-12-8-17(21)19(18(22)9-12)15-5-4-14-11-16(20)7-6-13(14)10-15/h6-11H,2-5H2,1H3. The second-order valence-corrected chi connectivity index (χ2v) is 5.70. The van der Waals surface area contributed by atoms with E-state index < -0.39 is 11.6 Å². The molecule has 0 bridgehead atoms. The molecule has 0 saturated heterocycles. The van der Waals surface area contributed by atoms with Crippen molar-refractivity contribution in [3.8, 4) is 0 Å². The van der Waals surface area contributed by atoms with Crippen LogP contribution in [0, 0.1) is 17.5 Å². The van der Waals surface area contributed by atoms with Gasteiger partial charge in [-0.1, -0.05) is 25.5 Å². The van der Waals surface area contributed by atoms with Crippen LogP contribution in [0.4, 0.5) is 13.2 Å². The average molecular weight is 302 g/mol. The van der Waals surface area contributed by atoms with Crippen molar-refractivity contribution in [2.75, 3.05) is 0 Å².